The molecule has 0 radical (unpaired) electrons. The van der Waals surface area contributed by atoms with Crippen molar-refractivity contribution >= 4 is 11.9 Å². The highest BCUT2D eigenvalue weighted by Gasteiger charge is 2.43. The van der Waals surface area contributed by atoms with E-state index >= 15 is 0 Å². The van der Waals surface area contributed by atoms with Crippen molar-refractivity contribution in [3.8, 4) is 0 Å². The second-order valence-electron chi connectivity index (χ2n) is 5.22. The largest absolute Gasteiger partial charge is 0.394 e. The van der Waals surface area contributed by atoms with Gasteiger partial charge in [0.25, 0.3) is 0 Å². The number of ether oxygens (including phenoxy) is 1. The fourth-order valence-corrected chi connectivity index (χ4v) is 2.21. The number of nitrogens with zero attached hydrogens (tertiary/aromatic N) is 2. The first kappa shape index (κ1) is 15.6. The Balaban J connectivity index is 2.45. The molecule has 21 heavy (non-hydrogen) atoms. The van der Waals surface area contributed by atoms with Crippen LogP contribution in [-0.4, -0.2) is 49.8 Å². The lowest BCUT2D eigenvalue weighted by Gasteiger charge is -2.18. The smallest absolute Gasteiger partial charge is 0.351 e. The quantitative estimate of drug-likeness (QED) is 0.554. The minimum absolute atomic E-state index is 0.0733. The summed E-state index contributed by atoms with van der Waals surface area (Å²) in [6, 6.07) is 0. The minimum Gasteiger partial charge on any atom is -0.394 e. The lowest BCUT2D eigenvalue weighted by Crippen LogP contribution is -2.36. The molecule has 8 heteroatoms. The summed E-state index contributed by atoms with van der Waals surface area (Å²) in [6.45, 7) is 3.26. The Bertz CT molecular complexity index is 608. The average molecular weight is 297 g/mol. The number of anilines is 1. The lowest BCUT2D eigenvalue weighted by atomic mass is 10.1. The van der Waals surface area contributed by atoms with Crippen LogP contribution >= 0.6 is 0 Å². The Morgan fingerprint density at radius 3 is 2.67 bits per heavy atom. The van der Waals surface area contributed by atoms with Gasteiger partial charge in [0.05, 0.1) is 6.61 Å². The van der Waals surface area contributed by atoms with Crippen LogP contribution in [0, 0.1) is 0 Å². The zero-order valence-electron chi connectivity index (χ0n) is 11.8. The molecule has 0 aromatic carbocycles. The molecule has 0 bridgehead atoms. The van der Waals surface area contributed by atoms with Crippen molar-refractivity contribution in [2.45, 2.75) is 38.4 Å². The Morgan fingerprint density at radius 2 is 2.14 bits per heavy atom. The number of hydrogen-bond acceptors (Lipinski definition) is 7. The van der Waals surface area contributed by atoms with E-state index in [9.17, 15) is 15.0 Å². The second kappa shape index (κ2) is 5.94. The summed E-state index contributed by atoms with van der Waals surface area (Å²) in [5.74, 6) is 0.0733. The van der Waals surface area contributed by atoms with Crippen LogP contribution in [0.4, 0.5) is 5.82 Å². The molecule has 8 nitrogen and oxygen atoms in total. The van der Waals surface area contributed by atoms with Gasteiger partial charge in [-0.15, -0.1) is 0 Å². The number of nitrogens with two attached hydrogens (primary N) is 1. The van der Waals surface area contributed by atoms with Gasteiger partial charge in [0.15, 0.2) is 6.23 Å². The fourth-order valence-electron chi connectivity index (χ4n) is 2.21. The number of aliphatic hydroxyl groups is 3. The zero-order valence-corrected chi connectivity index (χ0v) is 11.8. The third-order valence-electron chi connectivity index (χ3n) is 3.25. The van der Waals surface area contributed by atoms with Crippen molar-refractivity contribution in [2.24, 2.45) is 0 Å². The van der Waals surface area contributed by atoms with Crippen molar-refractivity contribution < 1.29 is 20.1 Å². The number of nitrogen functional groups attached to an aromatic ring is 1. The van der Waals surface area contributed by atoms with Crippen LogP contribution in [0.5, 0.6) is 0 Å². The highest BCUT2D eigenvalue weighted by Crippen LogP contribution is 2.28. The van der Waals surface area contributed by atoms with Crippen molar-refractivity contribution in [1.29, 1.82) is 0 Å². The first-order chi connectivity index (χ1) is 9.85. The van der Waals surface area contributed by atoms with E-state index in [1.54, 1.807) is 6.08 Å². The first-order valence-electron chi connectivity index (χ1n) is 6.51. The summed E-state index contributed by atoms with van der Waals surface area (Å²) in [4.78, 5) is 15.6. The van der Waals surface area contributed by atoms with Gasteiger partial charge in [-0.1, -0.05) is 11.6 Å². The molecule has 1 aromatic heterocycles. The van der Waals surface area contributed by atoms with E-state index in [2.05, 4.69) is 4.98 Å². The van der Waals surface area contributed by atoms with E-state index in [1.807, 2.05) is 13.8 Å². The number of rotatable bonds is 3. The highest BCUT2D eigenvalue weighted by atomic mass is 16.6. The van der Waals surface area contributed by atoms with E-state index in [0.717, 1.165) is 10.1 Å². The highest BCUT2D eigenvalue weighted by molar-refractivity contribution is 5.61. The molecule has 1 aliphatic heterocycles. The normalized spacial score (nSPS) is 28.6. The van der Waals surface area contributed by atoms with Gasteiger partial charge < -0.3 is 25.8 Å². The molecule has 0 saturated carbocycles. The van der Waals surface area contributed by atoms with Crippen LogP contribution in [0.1, 0.15) is 25.6 Å². The van der Waals surface area contributed by atoms with E-state index in [-0.39, 0.29) is 5.82 Å². The van der Waals surface area contributed by atoms with Gasteiger partial charge in [-0.2, -0.15) is 4.98 Å². The van der Waals surface area contributed by atoms with Gasteiger partial charge in [-0.05, 0) is 13.8 Å². The summed E-state index contributed by atoms with van der Waals surface area (Å²) in [6.07, 6.45) is -1.55. The lowest BCUT2D eigenvalue weighted by molar-refractivity contribution is -0.0549. The van der Waals surface area contributed by atoms with Gasteiger partial charge in [0.1, 0.15) is 24.1 Å². The summed E-state index contributed by atoms with van der Waals surface area (Å²) < 4.78 is 6.38. The number of aromatic nitrogens is 2. The van der Waals surface area contributed by atoms with E-state index in [1.165, 1.54) is 6.20 Å². The summed E-state index contributed by atoms with van der Waals surface area (Å²) in [5.41, 5.74) is 6.45. The van der Waals surface area contributed by atoms with Crippen molar-refractivity contribution in [2.75, 3.05) is 12.3 Å². The van der Waals surface area contributed by atoms with Crippen molar-refractivity contribution in [1.82, 2.24) is 9.55 Å². The molecule has 2 unspecified atom stereocenters. The van der Waals surface area contributed by atoms with Gasteiger partial charge in [-0.3, -0.25) is 4.57 Å². The Kier molecular flexibility index (Phi) is 4.43. The van der Waals surface area contributed by atoms with Crippen LogP contribution in [0.2, 0.25) is 0 Å². The predicted molar refractivity (Wildman–Crippen MR) is 75.2 cm³/mol. The molecule has 0 amide bonds. The van der Waals surface area contributed by atoms with Gasteiger partial charge in [0, 0.05) is 11.8 Å². The molecule has 1 saturated heterocycles. The Labute approximate surface area is 121 Å². The maximum Gasteiger partial charge on any atom is 0.351 e. The zero-order chi connectivity index (χ0) is 15.7. The molecular formula is C13H19N3O5. The molecular weight excluding hydrogens is 278 g/mol. The molecule has 4 atom stereocenters. The molecule has 2 heterocycles. The van der Waals surface area contributed by atoms with Crippen molar-refractivity contribution in [3.63, 3.8) is 0 Å². The van der Waals surface area contributed by atoms with Crippen LogP contribution in [-0.2, 0) is 4.74 Å². The van der Waals surface area contributed by atoms with Crippen LogP contribution in [0.15, 0.2) is 16.6 Å². The predicted octanol–water partition coefficient (Wildman–Crippen LogP) is -1.14. The van der Waals surface area contributed by atoms with Crippen LogP contribution in [0.3, 0.4) is 0 Å². The van der Waals surface area contributed by atoms with Crippen LogP contribution in [0.25, 0.3) is 6.08 Å². The maximum absolute atomic E-state index is 11.9. The minimum atomic E-state index is -1.34. The van der Waals surface area contributed by atoms with E-state index in [0.29, 0.717) is 5.56 Å². The standard InChI is InChI=1S/C13H19N3O5/c1-6(2)3-7-4-16(13(20)15-11(7)14)12-10(19)9(18)8(5-17)21-12/h3-4,8-10,12,17-19H,5H2,1-2H3,(H2,14,15,20)/t8-,9?,10?,12-/m1/s1. The monoisotopic (exact) mass is 297 g/mol. The molecule has 1 fully saturated rings. The first-order valence-corrected chi connectivity index (χ1v) is 6.51. The van der Waals surface area contributed by atoms with E-state index < -0.39 is 36.8 Å². The second-order valence-corrected chi connectivity index (χ2v) is 5.22. The topological polar surface area (TPSA) is 131 Å². The Morgan fingerprint density at radius 1 is 1.48 bits per heavy atom. The van der Waals surface area contributed by atoms with Gasteiger partial charge >= 0.3 is 5.69 Å². The SMILES string of the molecule is CC(C)=Cc1cn([C@@H]2O[C@H](CO)C(O)C2O)c(=O)nc1N. The van der Waals surface area contributed by atoms with Gasteiger partial charge in [-0.25, -0.2) is 4.79 Å². The number of hydrogen-bond donors (Lipinski definition) is 4. The summed E-state index contributed by atoms with van der Waals surface area (Å²) in [7, 11) is 0. The molecule has 116 valence electrons. The van der Waals surface area contributed by atoms with Crippen LogP contribution < -0.4 is 11.4 Å². The molecule has 5 N–H and O–H groups in total. The number of allylic oxidation sites excluding steroid dienone is 1. The maximum atomic E-state index is 11.9. The van der Waals surface area contributed by atoms with E-state index in [4.69, 9.17) is 15.6 Å². The summed E-state index contributed by atoms with van der Waals surface area (Å²) >= 11 is 0. The molecule has 0 spiro atoms. The number of aliphatic hydroxyl groups excluding tert-OH is 3. The van der Waals surface area contributed by atoms with Crippen molar-refractivity contribution in [3.05, 3.63) is 27.8 Å². The average Bonchev–Trinajstić information content (AvgIpc) is 2.69. The Hall–Kier alpha value is -1.74. The fraction of sp³-hybridized carbons (Fsp3) is 0.538. The molecule has 2 rings (SSSR count). The molecule has 1 aromatic rings. The molecule has 0 aliphatic carbocycles. The third-order valence-corrected chi connectivity index (χ3v) is 3.25. The summed E-state index contributed by atoms with van der Waals surface area (Å²) in [5, 5.41) is 28.8. The van der Waals surface area contributed by atoms with Gasteiger partial charge in [0.2, 0.25) is 0 Å². The third kappa shape index (κ3) is 2.98. The molecule has 1 aliphatic rings.